The van der Waals surface area contributed by atoms with Gasteiger partial charge in [0.2, 0.25) is 0 Å². The van der Waals surface area contributed by atoms with Crippen LogP contribution in [0.1, 0.15) is 48.9 Å². The second-order valence-electron chi connectivity index (χ2n) is 4.30. The lowest BCUT2D eigenvalue weighted by atomic mass is 10.1. The molecule has 0 saturated heterocycles. The molecule has 1 rings (SSSR count). The molecule has 112 valence electrons. The number of rotatable bonds is 8. The highest BCUT2D eigenvalue weighted by atomic mass is 16.5. The van der Waals surface area contributed by atoms with Crippen LogP contribution in [0.5, 0.6) is 0 Å². The quantitative estimate of drug-likeness (QED) is 0.452. The van der Waals surface area contributed by atoms with E-state index in [9.17, 15) is 9.59 Å². The molecule has 0 radical (unpaired) electrons. The number of hydrogen-bond acceptors (Lipinski definition) is 4. The molecule has 0 spiro atoms. The number of aliphatic hydroxyl groups excluding tert-OH is 1. The summed E-state index contributed by atoms with van der Waals surface area (Å²) in [6.45, 7) is 0.299. The molecule has 0 aliphatic rings. The van der Waals surface area contributed by atoms with Crippen LogP contribution in [0.3, 0.4) is 0 Å². The summed E-state index contributed by atoms with van der Waals surface area (Å²) in [6.07, 6.45) is 6.93. The molecule has 0 fully saturated rings. The first kappa shape index (κ1) is 18.3. The van der Waals surface area contributed by atoms with Crippen molar-refractivity contribution in [3.05, 3.63) is 35.9 Å². The second-order valence-corrected chi connectivity index (χ2v) is 4.30. The summed E-state index contributed by atoms with van der Waals surface area (Å²) in [5.74, 6) is -0.291. The number of hydrogen-bond donors (Lipinski definition) is 1. The van der Waals surface area contributed by atoms with E-state index in [-0.39, 0.29) is 5.97 Å². The molecule has 20 heavy (non-hydrogen) atoms. The van der Waals surface area contributed by atoms with E-state index in [0.29, 0.717) is 18.6 Å². The maximum atomic E-state index is 10.8. The highest BCUT2D eigenvalue weighted by molar-refractivity contribution is 5.89. The Kier molecular flexibility index (Phi) is 12.6. The van der Waals surface area contributed by atoms with Gasteiger partial charge in [-0.25, -0.2) is 4.79 Å². The fraction of sp³-hybridized carbons (Fsp3) is 0.500. The summed E-state index contributed by atoms with van der Waals surface area (Å²) in [5, 5.41) is 8.41. The molecule has 1 aromatic carbocycles. The summed E-state index contributed by atoms with van der Waals surface area (Å²) in [4.78, 5) is 20.6. The lowest BCUT2D eigenvalue weighted by Crippen LogP contribution is -1.99. The van der Waals surface area contributed by atoms with Crippen LogP contribution in [-0.4, -0.2) is 31.1 Å². The average Bonchev–Trinajstić information content (AvgIpc) is 2.51. The van der Waals surface area contributed by atoms with Gasteiger partial charge in [-0.1, -0.05) is 37.5 Å². The standard InChI is InChI=1S/C8H8O2.C8H16O2/c1-10-8(9)7-5-3-2-4-6-7;9-7-5-3-1-2-4-6-8-10/h2-6H,1H3;7,10H,1-6,8H2. The van der Waals surface area contributed by atoms with E-state index in [1.807, 2.05) is 6.07 Å². The molecule has 4 nitrogen and oxygen atoms in total. The van der Waals surface area contributed by atoms with E-state index in [1.165, 1.54) is 7.11 Å². The van der Waals surface area contributed by atoms with Crippen molar-refractivity contribution >= 4 is 12.3 Å². The van der Waals surface area contributed by atoms with E-state index in [1.54, 1.807) is 24.3 Å². The summed E-state index contributed by atoms with van der Waals surface area (Å²) in [7, 11) is 1.37. The predicted octanol–water partition coefficient (Wildman–Crippen LogP) is 2.99. The summed E-state index contributed by atoms with van der Waals surface area (Å²) in [6, 6.07) is 8.88. The smallest absolute Gasteiger partial charge is 0.337 e. The van der Waals surface area contributed by atoms with Gasteiger partial charge in [0.25, 0.3) is 0 Å². The van der Waals surface area contributed by atoms with Crippen molar-refractivity contribution in [3.63, 3.8) is 0 Å². The molecule has 1 N–H and O–H groups in total. The minimum atomic E-state index is -0.291. The van der Waals surface area contributed by atoms with Gasteiger partial charge in [0.1, 0.15) is 6.29 Å². The largest absolute Gasteiger partial charge is 0.465 e. The molecule has 0 unspecified atom stereocenters. The lowest BCUT2D eigenvalue weighted by molar-refractivity contribution is -0.107. The Balaban J connectivity index is 0.000000361. The maximum Gasteiger partial charge on any atom is 0.337 e. The fourth-order valence-corrected chi connectivity index (χ4v) is 1.56. The minimum Gasteiger partial charge on any atom is -0.465 e. The van der Waals surface area contributed by atoms with E-state index < -0.39 is 0 Å². The van der Waals surface area contributed by atoms with Crippen LogP contribution in [0.2, 0.25) is 0 Å². The minimum absolute atomic E-state index is 0.291. The number of esters is 1. The summed E-state index contributed by atoms with van der Waals surface area (Å²) < 4.78 is 4.50. The van der Waals surface area contributed by atoms with Crippen LogP contribution in [0.4, 0.5) is 0 Å². The second kappa shape index (κ2) is 13.7. The van der Waals surface area contributed by atoms with Crippen molar-refractivity contribution in [2.24, 2.45) is 0 Å². The molecular weight excluding hydrogens is 256 g/mol. The number of methoxy groups -OCH3 is 1. The Labute approximate surface area is 120 Å². The Morgan fingerprint density at radius 1 is 1.10 bits per heavy atom. The number of unbranched alkanes of at least 4 members (excludes halogenated alkanes) is 5. The third-order valence-electron chi connectivity index (χ3n) is 2.67. The van der Waals surface area contributed by atoms with Gasteiger partial charge in [-0.2, -0.15) is 0 Å². The number of carbonyl (C=O) groups is 2. The molecule has 0 amide bonds. The molecule has 0 bridgehead atoms. The highest BCUT2D eigenvalue weighted by Crippen LogP contribution is 2.03. The number of aliphatic hydroxyl groups is 1. The number of carbonyl (C=O) groups excluding carboxylic acids is 2. The third-order valence-corrected chi connectivity index (χ3v) is 2.67. The highest BCUT2D eigenvalue weighted by Gasteiger charge is 2.00. The number of benzene rings is 1. The first-order valence-corrected chi connectivity index (χ1v) is 6.94. The third kappa shape index (κ3) is 10.3. The Bertz CT molecular complexity index is 349. The topological polar surface area (TPSA) is 63.6 Å². The van der Waals surface area contributed by atoms with Gasteiger partial charge in [-0.15, -0.1) is 0 Å². The van der Waals surface area contributed by atoms with E-state index in [4.69, 9.17) is 5.11 Å². The van der Waals surface area contributed by atoms with E-state index in [0.717, 1.165) is 38.4 Å². The van der Waals surface area contributed by atoms with Gasteiger partial charge in [-0.3, -0.25) is 0 Å². The summed E-state index contributed by atoms with van der Waals surface area (Å²) in [5.41, 5.74) is 0.588. The molecule has 0 atom stereocenters. The van der Waals surface area contributed by atoms with Gasteiger partial charge in [0, 0.05) is 13.0 Å². The van der Waals surface area contributed by atoms with Gasteiger partial charge < -0.3 is 14.6 Å². The fourth-order valence-electron chi connectivity index (χ4n) is 1.56. The van der Waals surface area contributed by atoms with E-state index >= 15 is 0 Å². The first-order valence-electron chi connectivity index (χ1n) is 6.94. The first-order chi connectivity index (χ1) is 9.76. The molecule has 0 heterocycles. The van der Waals surface area contributed by atoms with Crippen LogP contribution in [0, 0.1) is 0 Å². The van der Waals surface area contributed by atoms with Crippen molar-refractivity contribution < 1.29 is 19.4 Å². The zero-order chi connectivity index (χ0) is 15.1. The zero-order valence-corrected chi connectivity index (χ0v) is 12.1. The van der Waals surface area contributed by atoms with Crippen LogP contribution in [-0.2, 0) is 9.53 Å². The SMILES string of the molecule is COC(=O)c1ccccc1.O=CCCCCCCCO. The molecule has 0 saturated carbocycles. The van der Waals surface area contributed by atoms with Crippen molar-refractivity contribution in [2.45, 2.75) is 38.5 Å². The normalized spacial score (nSPS) is 9.30. The van der Waals surface area contributed by atoms with E-state index in [2.05, 4.69) is 4.74 Å². The number of aldehydes is 1. The molecule has 0 aliphatic heterocycles. The predicted molar refractivity (Wildman–Crippen MR) is 78.6 cm³/mol. The Morgan fingerprint density at radius 2 is 1.70 bits per heavy atom. The van der Waals surface area contributed by atoms with Crippen molar-refractivity contribution in [1.82, 2.24) is 0 Å². The van der Waals surface area contributed by atoms with Gasteiger partial charge >= 0.3 is 5.97 Å². The Hall–Kier alpha value is -1.68. The number of ether oxygens (including phenoxy) is 1. The zero-order valence-electron chi connectivity index (χ0n) is 12.1. The van der Waals surface area contributed by atoms with Crippen LogP contribution >= 0.6 is 0 Å². The van der Waals surface area contributed by atoms with Crippen LogP contribution < -0.4 is 0 Å². The van der Waals surface area contributed by atoms with Crippen LogP contribution in [0.15, 0.2) is 30.3 Å². The maximum absolute atomic E-state index is 10.8. The molecular formula is C16H24O4. The molecule has 0 aliphatic carbocycles. The molecule has 4 heteroatoms. The van der Waals surface area contributed by atoms with Crippen molar-refractivity contribution in [2.75, 3.05) is 13.7 Å². The van der Waals surface area contributed by atoms with Gasteiger partial charge in [0.05, 0.1) is 12.7 Å². The molecule has 1 aromatic rings. The molecule has 0 aromatic heterocycles. The average molecular weight is 280 g/mol. The van der Waals surface area contributed by atoms with Gasteiger partial charge in [0.15, 0.2) is 0 Å². The van der Waals surface area contributed by atoms with Crippen molar-refractivity contribution in [1.29, 1.82) is 0 Å². The van der Waals surface area contributed by atoms with Gasteiger partial charge in [-0.05, 0) is 25.0 Å². The van der Waals surface area contributed by atoms with Crippen molar-refractivity contribution in [3.8, 4) is 0 Å². The Morgan fingerprint density at radius 3 is 2.25 bits per heavy atom. The van der Waals surface area contributed by atoms with Crippen LogP contribution in [0.25, 0.3) is 0 Å². The lowest BCUT2D eigenvalue weighted by Gasteiger charge is -1.95. The monoisotopic (exact) mass is 280 g/mol. The summed E-state index contributed by atoms with van der Waals surface area (Å²) >= 11 is 0.